The van der Waals surface area contributed by atoms with Gasteiger partial charge in [-0.25, -0.2) is 17.2 Å². The van der Waals surface area contributed by atoms with E-state index in [4.69, 9.17) is 0 Å². The summed E-state index contributed by atoms with van der Waals surface area (Å²) in [5.41, 5.74) is 2.32. The second kappa shape index (κ2) is 8.62. The van der Waals surface area contributed by atoms with Gasteiger partial charge in [0.1, 0.15) is 11.6 Å². The number of halogens is 2. The molecule has 0 atom stereocenters. The molecule has 4 aromatic rings. The minimum absolute atomic E-state index is 0.149. The van der Waals surface area contributed by atoms with E-state index in [2.05, 4.69) is 4.98 Å². The molecule has 4 rings (SSSR count). The van der Waals surface area contributed by atoms with E-state index in [0.29, 0.717) is 16.8 Å². The van der Waals surface area contributed by atoms with Crippen LogP contribution in [0.3, 0.4) is 0 Å². The number of sulfone groups is 1. The third-order valence-electron chi connectivity index (χ3n) is 4.71. The SMILES string of the molecule is O=S(=O)(c1ccc(/C=C/c2ccc(F)cc2F)cc1)c1cccc(-c2ccccn2)c1. The lowest BCUT2D eigenvalue weighted by Gasteiger charge is -2.07. The van der Waals surface area contributed by atoms with Gasteiger partial charge >= 0.3 is 0 Å². The number of pyridine rings is 1. The molecule has 3 aromatic carbocycles. The van der Waals surface area contributed by atoms with Crippen molar-refractivity contribution >= 4 is 22.0 Å². The molecule has 1 aromatic heterocycles. The van der Waals surface area contributed by atoms with Crippen LogP contribution in [0.15, 0.2) is 101 Å². The summed E-state index contributed by atoms with van der Waals surface area (Å²) in [7, 11) is -3.72. The van der Waals surface area contributed by atoms with Crippen molar-refractivity contribution in [3.8, 4) is 11.3 Å². The molecule has 0 aliphatic heterocycles. The molecule has 3 nitrogen and oxygen atoms in total. The van der Waals surface area contributed by atoms with Gasteiger partial charge in [-0.1, -0.05) is 42.5 Å². The molecule has 31 heavy (non-hydrogen) atoms. The van der Waals surface area contributed by atoms with Gasteiger partial charge in [0.25, 0.3) is 0 Å². The van der Waals surface area contributed by atoms with Crippen molar-refractivity contribution in [3.05, 3.63) is 114 Å². The van der Waals surface area contributed by atoms with E-state index in [1.54, 1.807) is 48.7 Å². The van der Waals surface area contributed by atoms with Gasteiger partial charge in [-0.3, -0.25) is 4.98 Å². The molecule has 154 valence electrons. The Hall–Kier alpha value is -3.64. The van der Waals surface area contributed by atoms with Crippen molar-refractivity contribution in [3.63, 3.8) is 0 Å². The average Bonchev–Trinajstić information content (AvgIpc) is 2.79. The minimum Gasteiger partial charge on any atom is -0.256 e. The molecule has 0 aliphatic rings. The maximum Gasteiger partial charge on any atom is 0.206 e. The first-order valence-corrected chi connectivity index (χ1v) is 10.9. The van der Waals surface area contributed by atoms with E-state index in [-0.39, 0.29) is 15.4 Å². The lowest BCUT2D eigenvalue weighted by molar-refractivity contribution is 0.581. The zero-order valence-corrected chi connectivity index (χ0v) is 17.1. The Balaban J connectivity index is 1.59. The van der Waals surface area contributed by atoms with Crippen LogP contribution in [0, 0.1) is 11.6 Å². The predicted molar refractivity (Wildman–Crippen MR) is 117 cm³/mol. The molecule has 0 spiro atoms. The van der Waals surface area contributed by atoms with Gasteiger partial charge in [0.15, 0.2) is 0 Å². The van der Waals surface area contributed by atoms with Gasteiger partial charge in [-0.15, -0.1) is 0 Å². The molecule has 0 saturated heterocycles. The summed E-state index contributed by atoms with van der Waals surface area (Å²) in [6.07, 6.45) is 4.80. The fraction of sp³-hybridized carbons (Fsp3) is 0. The van der Waals surface area contributed by atoms with Crippen LogP contribution in [0.5, 0.6) is 0 Å². The summed E-state index contributed by atoms with van der Waals surface area (Å²) in [5, 5.41) is 0. The third kappa shape index (κ3) is 4.59. The zero-order chi connectivity index (χ0) is 21.8. The maximum absolute atomic E-state index is 13.7. The van der Waals surface area contributed by atoms with Crippen molar-refractivity contribution in [2.24, 2.45) is 0 Å². The predicted octanol–water partition coefficient (Wildman–Crippen LogP) is 6.03. The van der Waals surface area contributed by atoms with Gasteiger partial charge in [0.05, 0.1) is 15.5 Å². The largest absolute Gasteiger partial charge is 0.256 e. The molecule has 1 heterocycles. The van der Waals surface area contributed by atoms with Crippen molar-refractivity contribution in [2.45, 2.75) is 9.79 Å². The third-order valence-corrected chi connectivity index (χ3v) is 6.48. The number of benzene rings is 3. The standard InChI is InChI=1S/C25H17F2NO2S/c26-21-12-11-19(24(27)17-21)10-7-18-8-13-22(14-9-18)31(29,30)23-5-3-4-20(16-23)25-6-1-2-15-28-25/h1-17H/b10-7+. The first-order chi connectivity index (χ1) is 14.9. The molecule has 6 heteroatoms. The van der Waals surface area contributed by atoms with Crippen LogP contribution in [0.2, 0.25) is 0 Å². The Morgan fingerprint density at radius 3 is 2.26 bits per heavy atom. The van der Waals surface area contributed by atoms with Gasteiger partial charge in [-0.05, 0) is 54.1 Å². The van der Waals surface area contributed by atoms with Crippen molar-refractivity contribution in [2.75, 3.05) is 0 Å². The molecule has 0 aliphatic carbocycles. The molecule has 0 bridgehead atoms. The summed E-state index contributed by atoms with van der Waals surface area (Å²) in [5.74, 6) is -1.31. The quantitative estimate of drug-likeness (QED) is 0.361. The number of hydrogen-bond donors (Lipinski definition) is 0. The van der Waals surface area contributed by atoms with Crippen molar-refractivity contribution in [1.29, 1.82) is 0 Å². The van der Waals surface area contributed by atoms with E-state index in [0.717, 1.165) is 6.07 Å². The van der Waals surface area contributed by atoms with Crippen LogP contribution in [0.25, 0.3) is 23.4 Å². The first-order valence-electron chi connectivity index (χ1n) is 9.43. The van der Waals surface area contributed by atoms with Gasteiger partial charge < -0.3 is 0 Å². The highest BCUT2D eigenvalue weighted by atomic mass is 32.2. The molecular formula is C25H17F2NO2S. The van der Waals surface area contributed by atoms with Crippen LogP contribution >= 0.6 is 0 Å². The second-order valence-corrected chi connectivity index (χ2v) is 8.76. The van der Waals surface area contributed by atoms with Crippen molar-refractivity contribution < 1.29 is 17.2 Å². The van der Waals surface area contributed by atoms with Crippen LogP contribution < -0.4 is 0 Å². The van der Waals surface area contributed by atoms with Crippen LogP contribution in [-0.2, 0) is 9.84 Å². The average molecular weight is 433 g/mol. The Labute approximate surface area is 179 Å². The summed E-state index contributed by atoms with van der Waals surface area (Å²) in [4.78, 5) is 4.59. The monoisotopic (exact) mass is 433 g/mol. The van der Waals surface area contributed by atoms with Gasteiger partial charge in [0.2, 0.25) is 9.84 Å². The molecule has 0 fully saturated rings. The van der Waals surface area contributed by atoms with E-state index >= 15 is 0 Å². The van der Waals surface area contributed by atoms with Crippen LogP contribution in [-0.4, -0.2) is 13.4 Å². The normalized spacial score (nSPS) is 11.7. The Morgan fingerprint density at radius 2 is 1.55 bits per heavy atom. The fourth-order valence-corrected chi connectivity index (χ4v) is 4.38. The molecule has 0 amide bonds. The first kappa shape index (κ1) is 20.6. The molecule has 0 unspecified atom stereocenters. The number of nitrogens with zero attached hydrogens (tertiary/aromatic N) is 1. The van der Waals surface area contributed by atoms with Crippen LogP contribution in [0.4, 0.5) is 8.78 Å². The highest BCUT2D eigenvalue weighted by Gasteiger charge is 2.18. The number of aromatic nitrogens is 1. The van der Waals surface area contributed by atoms with Crippen molar-refractivity contribution in [1.82, 2.24) is 4.98 Å². The number of rotatable bonds is 5. The summed E-state index contributed by atoms with van der Waals surface area (Å²) in [6, 6.07) is 21.7. The summed E-state index contributed by atoms with van der Waals surface area (Å²) >= 11 is 0. The van der Waals surface area contributed by atoms with E-state index in [9.17, 15) is 17.2 Å². The number of hydrogen-bond acceptors (Lipinski definition) is 3. The summed E-state index contributed by atoms with van der Waals surface area (Å²) in [6.45, 7) is 0. The smallest absolute Gasteiger partial charge is 0.206 e. The second-order valence-electron chi connectivity index (χ2n) is 6.81. The highest BCUT2D eigenvalue weighted by Crippen LogP contribution is 2.26. The van der Waals surface area contributed by atoms with E-state index in [1.165, 1.54) is 30.3 Å². The lowest BCUT2D eigenvalue weighted by Crippen LogP contribution is -2.02. The minimum atomic E-state index is -3.72. The molecule has 0 N–H and O–H groups in total. The van der Waals surface area contributed by atoms with Gasteiger partial charge in [0, 0.05) is 23.4 Å². The topological polar surface area (TPSA) is 47.0 Å². The Kier molecular flexibility index (Phi) is 5.73. The molecule has 0 radical (unpaired) electrons. The Morgan fingerprint density at radius 1 is 0.742 bits per heavy atom. The van der Waals surface area contributed by atoms with Crippen LogP contribution in [0.1, 0.15) is 11.1 Å². The fourth-order valence-electron chi connectivity index (χ4n) is 3.07. The van der Waals surface area contributed by atoms with Gasteiger partial charge in [-0.2, -0.15) is 0 Å². The summed E-state index contributed by atoms with van der Waals surface area (Å²) < 4.78 is 52.9. The Bertz CT molecular complexity index is 1350. The molecule has 0 saturated carbocycles. The van der Waals surface area contributed by atoms with E-state index in [1.807, 2.05) is 18.2 Å². The zero-order valence-electron chi connectivity index (χ0n) is 16.2. The maximum atomic E-state index is 13.7. The highest BCUT2D eigenvalue weighted by molar-refractivity contribution is 7.91. The molecular weight excluding hydrogens is 416 g/mol. The van der Waals surface area contributed by atoms with E-state index < -0.39 is 21.5 Å². The lowest BCUT2D eigenvalue weighted by atomic mass is 10.1.